The van der Waals surface area contributed by atoms with Crippen molar-refractivity contribution in [1.29, 1.82) is 0 Å². The van der Waals surface area contributed by atoms with Crippen molar-refractivity contribution in [2.75, 3.05) is 25.6 Å². The molecule has 0 saturated carbocycles. The zero-order valence-corrected chi connectivity index (χ0v) is 14.6. The summed E-state index contributed by atoms with van der Waals surface area (Å²) < 4.78 is 15.8. The minimum atomic E-state index is -0.648. The number of hydrogen-bond acceptors (Lipinski definition) is 7. The van der Waals surface area contributed by atoms with Crippen molar-refractivity contribution in [3.8, 4) is 11.5 Å². The molecule has 1 aromatic carbocycles. The molecule has 4 rings (SSSR count). The minimum absolute atomic E-state index is 0.00299. The summed E-state index contributed by atoms with van der Waals surface area (Å²) in [5, 5.41) is 11.0. The molecule has 2 aromatic rings. The molecule has 0 N–H and O–H groups in total. The number of thioether (sulfide) groups is 1. The van der Waals surface area contributed by atoms with Gasteiger partial charge >= 0.3 is 5.88 Å². The van der Waals surface area contributed by atoms with E-state index in [1.807, 2.05) is 18.2 Å². The summed E-state index contributed by atoms with van der Waals surface area (Å²) in [5.74, 6) is 1.55. The lowest BCUT2D eigenvalue weighted by atomic mass is 10.1. The maximum atomic E-state index is 12.5. The van der Waals surface area contributed by atoms with Crippen LogP contribution in [-0.4, -0.2) is 41.4 Å². The third-order valence-electron chi connectivity index (χ3n) is 4.38. The first kappa shape index (κ1) is 16.8. The number of carbonyl (C=O) groups excluding carboxylic acids is 1. The molecular formula is C17H16N2O6S. The highest BCUT2D eigenvalue weighted by Gasteiger charge is 2.27. The van der Waals surface area contributed by atoms with Gasteiger partial charge in [0.1, 0.15) is 4.92 Å². The standard InChI is InChI=1S/C17H16N2O6S/c20-17(13-3-4-16(25-13)19(21)22)18-6-5-15(26-8-7-18)11-1-2-12-14(9-11)24-10-23-12/h1-4,9,15H,5-8,10H2. The second kappa shape index (κ2) is 6.91. The van der Waals surface area contributed by atoms with Crippen LogP contribution in [0, 0.1) is 10.1 Å². The van der Waals surface area contributed by atoms with E-state index < -0.39 is 10.8 Å². The highest BCUT2D eigenvalue weighted by atomic mass is 32.2. The zero-order chi connectivity index (χ0) is 18.1. The Morgan fingerprint density at radius 2 is 2.04 bits per heavy atom. The van der Waals surface area contributed by atoms with Crippen LogP contribution in [-0.2, 0) is 0 Å². The predicted molar refractivity (Wildman–Crippen MR) is 93.6 cm³/mol. The molecule has 3 heterocycles. The molecule has 1 aromatic heterocycles. The molecule has 1 atom stereocenters. The second-order valence-electron chi connectivity index (χ2n) is 5.95. The van der Waals surface area contributed by atoms with Gasteiger partial charge in [-0.1, -0.05) is 6.07 Å². The van der Waals surface area contributed by atoms with Crippen LogP contribution in [0.3, 0.4) is 0 Å². The Bertz CT molecular complexity index is 852. The Balaban J connectivity index is 1.44. The maximum Gasteiger partial charge on any atom is 0.433 e. The molecule has 2 aliphatic rings. The van der Waals surface area contributed by atoms with E-state index in [1.54, 1.807) is 16.7 Å². The molecule has 1 amide bonds. The number of hydrogen-bond donors (Lipinski definition) is 0. The van der Waals surface area contributed by atoms with Crippen molar-refractivity contribution in [3.05, 3.63) is 51.8 Å². The lowest BCUT2D eigenvalue weighted by molar-refractivity contribution is -0.402. The second-order valence-corrected chi connectivity index (χ2v) is 7.26. The smallest absolute Gasteiger partial charge is 0.433 e. The Morgan fingerprint density at radius 1 is 1.19 bits per heavy atom. The zero-order valence-electron chi connectivity index (χ0n) is 13.8. The summed E-state index contributed by atoms with van der Waals surface area (Å²) in [6, 6.07) is 8.49. The molecular weight excluding hydrogens is 360 g/mol. The first-order valence-corrected chi connectivity index (χ1v) is 9.21. The molecule has 1 saturated heterocycles. The van der Waals surface area contributed by atoms with Crippen LogP contribution in [0.25, 0.3) is 0 Å². The first-order valence-electron chi connectivity index (χ1n) is 8.16. The molecule has 26 heavy (non-hydrogen) atoms. The van der Waals surface area contributed by atoms with Crippen LogP contribution in [0.15, 0.2) is 34.7 Å². The number of fused-ring (bicyclic) bond motifs is 1. The molecule has 1 fully saturated rings. The number of furan rings is 1. The van der Waals surface area contributed by atoms with Gasteiger partial charge in [-0.15, -0.1) is 0 Å². The normalized spacial score (nSPS) is 19.2. The number of carbonyl (C=O) groups is 1. The Labute approximate surface area is 153 Å². The van der Waals surface area contributed by atoms with Gasteiger partial charge in [-0.2, -0.15) is 11.8 Å². The number of ether oxygens (including phenoxy) is 2. The number of nitrogens with zero attached hydrogens (tertiary/aromatic N) is 2. The summed E-state index contributed by atoms with van der Waals surface area (Å²) in [5.41, 5.74) is 1.14. The van der Waals surface area contributed by atoms with Crippen molar-refractivity contribution >= 4 is 23.6 Å². The van der Waals surface area contributed by atoms with Gasteiger partial charge in [-0.3, -0.25) is 14.9 Å². The fourth-order valence-corrected chi connectivity index (χ4v) is 4.27. The maximum absolute atomic E-state index is 12.5. The van der Waals surface area contributed by atoms with Gasteiger partial charge in [-0.05, 0) is 30.2 Å². The number of benzene rings is 1. The third kappa shape index (κ3) is 3.22. The molecule has 0 radical (unpaired) electrons. The molecule has 136 valence electrons. The van der Waals surface area contributed by atoms with E-state index in [-0.39, 0.29) is 23.7 Å². The van der Waals surface area contributed by atoms with Crippen LogP contribution in [0.4, 0.5) is 5.88 Å². The molecule has 0 aliphatic carbocycles. The van der Waals surface area contributed by atoms with Crippen LogP contribution in [0.2, 0.25) is 0 Å². The van der Waals surface area contributed by atoms with E-state index in [2.05, 4.69) is 0 Å². The minimum Gasteiger partial charge on any atom is -0.454 e. The molecule has 9 heteroatoms. The lowest BCUT2D eigenvalue weighted by Gasteiger charge is -2.19. The highest BCUT2D eigenvalue weighted by molar-refractivity contribution is 7.99. The summed E-state index contributed by atoms with van der Waals surface area (Å²) in [6.45, 7) is 1.37. The van der Waals surface area contributed by atoms with E-state index in [1.165, 1.54) is 12.1 Å². The van der Waals surface area contributed by atoms with Crippen molar-refractivity contribution < 1.29 is 23.6 Å². The predicted octanol–water partition coefficient (Wildman–Crippen LogP) is 3.24. The van der Waals surface area contributed by atoms with Crippen LogP contribution < -0.4 is 9.47 Å². The molecule has 0 spiro atoms. The summed E-state index contributed by atoms with van der Waals surface area (Å²) in [6.07, 6.45) is 0.777. The molecule has 8 nitrogen and oxygen atoms in total. The number of amides is 1. The molecule has 2 aliphatic heterocycles. The van der Waals surface area contributed by atoms with E-state index in [4.69, 9.17) is 13.9 Å². The van der Waals surface area contributed by atoms with Crippen LogP contribution >= 0.6 is 11.8 Å². The van der Waals surface area contributed by atoms with E-state index in [9.17, 15) is 14.9 Å². The third-order valence-corrected chi connectivity index (χ3v) is 5.71. The Kier molecular flexibility index (Phi) is 4.46. The van der Waals surface area contributed by atoms with E-state index in [0.29, 0.717) is 13.1 Å². The quantitative estimate of drug-likeness (QED) is 0.599. The van der Waals surface area contributed by atoms with Crippen LogP contribution in [0.1, 0.15) is 27.8 Å². The van der Waals surface area contributed by atoms with Gasteiger partial charge in [0.15, 0.2) is 17.3 Å². The fraction of sp³-hybridized carbons (Fsp3) is 0.353. The van der Waals surface area contributed by atoms with Crippen molar-refractivity contribution in [2.24, 2.45) is 0 Å². The average Bonchev–Trinajstić information content (AvgIpc) is 3.25. The van der Waals surface area contributed by atoms with Gasteiger partial charge in [0.25, 0.3) is 5.91 Å². The van der Waals surface area contributed by atoms with Gasteiger partial charge in [0, 0.05) is 24.1 Å². The summed E-state index contributed by atoms with van der Waals surface area (Å²) in [4.78, 5) is 24.3. The van der Waals surface area contributed by atoms with E-state index in [0.717, 1.165) is 29.2 Å². The van der Waals surface area contributed by atoms with Crippen LogP contribution in [0.5, 0.6) is 11.5 Å². The van der Waals surface area contributed by atoms with Gasteiger partial charge in [0.05, 0.1) is 6.07 Å². The topological polar surface area (TPSA) is 95.0 Å². The Morgan fingerprint density at radius 3 is 2.85 bits per heavy atom. The first-order chi connectivity index (χ1) is 12.6. The van der Waals surface area contributed by atoms with Crippen molar-refractivity contribution in [2.45, 2.75) is 11.7 Å². The van der Waals surface area contributed by atoms with Gasteiger partial charge in [-0.25, -0.2) is 0 Å². The largest absolute Gasteiger partial charge is 0.454 e. The average molecular weight is 376 g/mol. The lowest BCUT2D eigenvalue weighted by Crippen LogP contribution is -2.32. The Hall–Kier alpha value is -2.68. The van der Waals surface area contributed by atoms with Gasteiger partial charge < -0.3 is 18.8 Å². The molecule has 1 unspecified atom stereocenters. The number of rotatable bonds is 3. The van der Waals surface area contributed by atoms with E-state index >= 15 is 0 Å². The van der Waals surface area contributed by atoms with Gasteiger partial charge in [0.2, 0.25) is 6.79 Å². The van der Waals surface area contributed by atoms with Crippen molar-refractivity contribution in [1.82, 2.24) is 4.90 Å². The SMILES string of the molecule is O=C(c1ccc([N+](=O)[O-])o1)N1CCSC(c2ccc3c(c2)OCO3)CC1. The number of nitro groups is 1. The monoisotopic (exact) mass is 376 g/mol. The fourth-order valence-electron chi connectivity index (χ4n) is 3.05. The summed E-state index contributed by atoms with van der Waals surface area (Å²) in [7, 11) is 0. The summed E-state index contributed by atoms with van der Waals surface area (Å²) >= 11 is 1.78. The molecule has 0 bridgehead atoms. The van der Waals surface area contributed by atoms with Crippen molar-refractivity contribution in [3.63, 3.8) is 0 Å². The highest BCUT2D eigenvalue weighted by Crippen LogP contribution is 2.40.